The van der Waals surface area contributed by atoms with E-state index >= 15 is 0 Å². The fraction of sp³-hybridized carbons (Fsp3) is 0.375. The second-order valence-corrected chi connectivity index (χ2v) is 4.49. The van der Waals surface area contributed by atoms with Crippen molar-refractivity contribution in [1.29, 1.82) is 0 Å². The zero-order valence-electron chi connectivity index (χ0n) is 12.2. The number of carbonyl (C=O) groups excluding carboxylic acids is 1. The van der Waals surface area contributed by atoms with Crippen LogP contribution < -0.4 is 4.90 Å². The maximum Gasteiger partial charge on any atom is 0.339 e. The van der Waals surface area contributed by atoms with Gasteiger partial charge in [0.15, 0.2) is 0 Å². The molecule has 0 unspecified atom stereocenters. The lowest BCUT2D eigenvalue weighted by atomic mass is 10.1. The molecule has 0 amide bonds. The van der Waals surface area contributed by atoms with E-state index in [1.165, 1.54) is 0 Å². The van der Waals surface area contributed by atoms with Crippen molar-refractivity contribution in [3.63, 3.8) is 0 Å². The van der Waals surface area contributed by atoms with E-state index in [1.807, 2.05) is 12.1 Å². The number of pyridine rings is 1. The van der Waals surface area contributed by atoms with Gasteiger partial charge in [-0.05, 0) is 39.0 Å². The molecule has 0 saturated heterocycles. The highest BCUT2D eigenvalue weighted by Crippen LogP contribution is 2.21. The Bertz CT molecular complexity index is 606. The van der Waals surface area contributed by atoms with Crippen LogP contribution in [-0.2, 0) is 4.74 Å². The van der Waals surface area contributed by atoms with Gasteiger partial charge in [0, 0.05) is 30.4 Å². The summed E-state index contributed by atoms with van der Waals surface area (Å²) < 4.78 is 4.99. The number of anilines is 1. The van der Waals surface area contributed by atoms with E-state index < -0.39 is 0 Å². The lowest BCUT2D eigenvalue weighted by Gasteiger charge is -2.21. The van der Waals surface area contributed by atoms with Crippen LogP contribution in [0.2, 0.25) is 0 Å². The minimum absolute atomic E-state index is 0.324. The molecule has 0 radical (unpaired) electrons. The Labute approximate surface area is 119 Å². The molecule has 4 heteroatoms. The van der Waals surface area contributed by atoms with Crippen LogP contribution in [0.25, 0.3) is 10.9 Å². The van der Waals surface area contributed by atoms with Gasteiger partial charge in [-0.1, -0.05) is 6.07 Å². The van der Waals surface area contributed by atoms with Crippen LogP contribution in [-0.4, -0.2) is 30.6 Å². The summed E-state index contributed by atoms with van der Waals surface area (Å²) in [6, 6.07) is 7.94. The van der Waals surface area contributed by atoms with E-state index in [0.29, 0.717) is 12.2 Å². The van der Waals surface area contributed by atoms with Crippen molar-refractivity contribution >= 4 is 22.6 Å². The number of nitrogens with zero attached hydrogens (tertiary/aromatic N) is 2. The molecule has 0 saturated carbocycles. The maximum absolute atomic E-state index is 11.7. The van der Waals surface area contributed by atoms with E-state index in [9.17, 15) is 4.79 Å². The lowest BCUT2D eigenvalue weighted by Crippen LogP contribution is -2.21. The molecule has 0 aliphatic carbocycles. The Hall–Kier alpha value is -2.10. The zero-order chi connectivity index (χ0) is 14.5. The van der Waals surface area contributed by atoms with Crippen molar-refractivity contribution in [3.05, 3.63) is 36.0 Å². The topological polar surface area (TPSA) is 42.4 Å². The number of benzene rings is 1. The van der Waals surface area contributed by atoms with Crippen LogP contribution in [0.3, 0.4) is 0 Å². The molecule has 1 aromatic carbocycles. The van der Waals surface area contributed by atoms with Crippen molar-refractivity contribution in [2.45, 2.75) is 20.8 Å². The highest BCUT2D eigenvalue weighted by Gasteiger charge is 2.09. The van der Waals surface area contributed by atoms with Crippen LogP contribution >= 0.6 is 0 Å². The van der Waals surface area contributed by atoms with Crippen LogP contribution in [0.1, 0.15) is 31.1 Å². The van der Waals surface area contributed by atoms with E-state index in [1.54, 1.807) is 13.1 Å². The minimum Gasteiger partial charge on any atom is -0.462 e. The number of aromatic nitrogens is 1. The lowest BCUT2D eigenvalue weighted by molar-refractivity contribution is 0.0526. The van der Waals surface area contributed by atoms with Gasteiger partial charge in [-0.25, -0.2) is 4.79 Å². The molecule has 0 spiro atoms. The highest BCUT2D eigenvalue weighted by molar-refractivity contribution is 5.94. The molecule has 0 aliphatic heterocycles. The average Bonchev–Trinajstić information content (AvgIpc) is 2.48. The SMILES string of the molecule is CCOC(=O)c1cnc2cc(N(CC)CC)ccc2c1. The molecule has 106 valence electrons. The summed E-state index contributed by atoms with van der Waals surface area (Å²) in [5.41, 5.74) is 2.54. The highest BCUT2D eigenvalue weighted by atomic mass is 16.5. The third kappa shape index (κ3) is 2.90. The third-order valence-electron chi connectivity index (χ3n) is 3.31. The molecule has 4 nitrogen and oxygen atoms in total. The summed E-state index contributed by atoms with van der Waals surface area (Å²) in [4.78, 5) is 18.3. The number of hydrogen-bond donors (Lipinski definition) is 0. The van der Waals surface area contributed by atoms with Gasteiger partial charge in [0.1, 0.15) is 0 Å². The smallest absolute Gasteiger partial charge is 0.339 e. The summed E-state index contributed by atoms with van der Waals surface area (Å²) >= 11 is 0. The molecule has 0 bridgehead atoms. The van der Waals surface area contributed by atoms with Crippen LogP contribution in [0.5, 0.6) is 0 Å². The van der Waals surface area contributed by atoms with E-state index in [-0.39, 0.29) is 5.97 Å². The summed E-state index contributed by atoms with van der Waals surface area (Å²) in [5, 5.41) is 0.950. The molecule has 20 heavy (non-hydrogen) atoms. The molecule has 1 heterocycles. The summed E-state index contributed by atoms with van der Waals surface area (Å²) in [6.45, 7) is 8.35. The Morgan fingerprint density at radius 3 is 2.60 bits per heavy atom. The van der Waals surface area contributed by atoms with Crippen molar-refractivity contribution < 1.29 is 9.53 Å². The van der Waals surface area contributed by atoms with Crippen molar-refractivity contribution in [1.82, 2.24) is 4.98 Å². The number of rotatable bonds is 5. The van der Waals surface area contributed by atoms with Crippen LogP contribution in [0, 0.1) is 0 Å². The minimum atomic E-state index is -0.324. The number of ether oxygens (including phenoxy) is 1. The van der Waals surface area contributed by atoms with Gasteiger partial charge in [0.05, 0.1) is 17.7 Å². The normalized spacial score (nSPS) is 10.6. The monoisotopic (exact) mass is 272 g/mol. The standard InChI is InChI=1S/C16H20N2O2/c1-4-18(5-2)14-8-7-12-9-13(16(19)20-6-3)11-17-15(12)10-14/h7-11H,4-6H2,1-3H3. The maximum atomic E-state index is 11.7. The number of esters is 1. The second kappa shape index (κ2) is 6.37. The predicted octanol–water partition coefficient (Wildman–Crippen LogP) is 3.26. The van der Waals surface area contributed by atoms with Gasteiger partial charge in [0.2, 0.25) is 0 Å². The first-order valence-corrected chi connectivity index (χ1v) is 7.01. The van der Waals surface area contributed by atoms with Crippen molar-refractivity contribution in [3.8, 4) is 0 Å². The molecule has 0 aliphatic rings. The molecular formula is C16H20N2O2. The van der Waals surface area contributed by atoms with Gasteiger partial charge in [-0.3, -0.25) is 4.98 Å². The average molecular weight is 272 g/mol. The van der Waals surface area contributed by atoms with Gasteiger partial charge in [0.25, 0.3) is 0 Å². The van der Waals surface area contributed by atoms with Gasteiger partial charge in [-0.2, -0.15) is 0 Å². The number of carbonyl (C=O) groups is 1. The van der Waals surface area contributed by atoms with Gasteiger partial charge < -0.3 is 9.64 Å². The number of hydrogen-bond acceptors (Lipinski definition) is 4. The molecule has 2 rings (SSSR count). The predicted molar refractivity (Wildman–Crippen MR) is 81.3 cm³/mol. The Morgan fingerprint density at radius 2 is 1.95 bits per heavy atom. The first-order valence-electron chi connectivity index (χ1n) is 7.01. The third-order valence-corrected chi connectivity index (χ3v) is 3.31. The molecule has 0 fully saturated rings. The first-order chi connectivity index (χ1) is 9.69. The molecule has 2 aromatic rings. The second-order valence-electron chi connectivity index (χ2n) is 4.49. The summed E-state index contributed by atoms with van der Waals surface area (Å²) in [6.07, 6.45) is 1.58. The Morgan fingerprint density at radius 1 is 1.20 bits per heavy atom. The molecule has 1 aromatic heterocycles. The molecule has 0 N–H and O–H groups in total. The van der Waals surface area contributed by atoms with Crippen molar-refractivity contribution in [2.24, 2.45) is 0 Å². The summed E-state index contributed by atoms with van der Waals surface area (Å²) in [5.74, 6) is -0.324. The van der Waals surface area contributed by atoms with Crippen LogP contribution in [0.15, 0.2) is 30.5 Å². The largest absolute Gasteiger partial charge is 0.462 e. The van der Waals surface area contributed by atoms with Gasteiger partial charge in [-0.15, -0.1) is 0 Å². The van der Waals surface area contributed by atoms with Crippen LogP contribution in [0.4, 0.5) is 5.69 Å². The zero-order valence-corrected chi connectivity index (χ0v) is 12.2. The molecular weight excluding hydrogens is 252 g/mol. The van der Waals surface area contributed by atoms with Gasteiger partial charge >= 0.3 is 5.97 Å². The van der Waals surface area contributed by atoms with Crippen molar-refractivity contribution in [2.75, 3.05) is 24.6 Å². The summed E-state index contributed by atoms with van der Waals surface area (Å²) in [7, 11) is 0. The Kier molecular flexibility index (Phi) is 4.56. The number of fused-ring (bicyclic) bond motifs is 1. The first kappa shape index (κ1) is 14.3. The van der Waals surface area contributed by atoms with E-state index in [2.05, 4.69) is 35.9 Å². The van der Waals surface area contributed by atoms with E-state index in [0.717, 1.165) is 29.7 Å². The fourth-order valence-electron chi connectivity index (χ4n) is 2.22. The van der Waals surface area contributed by atoms with E-state index in [4.69, 9.17) is 4.74 Å². The molecule has 0 atom stereocenters. The fourth-order valence-corrected chi connectivity index (χ4v) is 2.22. The Balaban J connectivity index is 2.36. The quantitative estimate of drug-likeness (QED) is 0.783.